The lowest BCUT2D eigenvalue weighted by molar-refractivity contribution is 0.102. The van der Waals surface area contributed by atoms with Gasteiger partial charge in [-0.05, 0) is 38.1 Å². The number of rotatable bonds is 4. The molecule has 3 aromatic rings. The highest BCUT2D eigenvalue weighted by Crippen LogP contribution is 2.26. The summed E-state index contributed by atoms with van der Waals surface area (Å²) in [6.45, 7) is 3.84. The number of anilines is 1. The molecule has 6 nitrogen and oxygen atoms in total. The van der Waals surface area contributed by atoms with Gasteiger partial charge in [0.15, 0.2) is 0 Å². The summed E-state index contributed by atoms with van der Waals surface area (Å²) in [6, 6.07) is 12.4. The molecule has 1 aromatic heterocycles. The summed E-state index contributed by atoms with van der Waals surface area (Å²) in [5.74, 6) is 0.288. The molecular weight excluding hydrogens is 294 g/mol. The number of nitrogens with one attached hydrogen (secondary N) is 3. The van der Waals surface area contributed by atoms with Crippen LogP contribution < -0.4 is 15.7 Å². The fourth-order valence-corrected chi connectivity index (χ4v) is 2.36. The zero-order valence-electron chi connectivity index (χ0n) is 12.8. The van der Waals surface area contributed by atoms with Crippen molar-refractivity contribution in [3.63, 3.8) is 0 Å². The van der Waals surface area contributed by atoms with Crippen molar-refractivity contribution in [3.05, 3.63) is 58.5 Å². The van der Waals surface area contributed by atoms with Crippen LogP contribution >= 0.6 is 0 Å². The number of carbonyl (C=O) groups excluding carboxylic acids is 1. The number of hydrogen-bond acceptors (Lipinski definition) is 3. The van der Waals surface area contributed by atoms with Crippen molar-refractivity contribution in [2.75, 3.05) is 5.32 Å². The molecule has 0 saturated heterocycles. The van der Waals surface area contributed by atoms with E-state index in [2.05, 4.69) is 15.3 Å². The summed E-state index contributed by atoms with van der Waals surface area (Å²) < 4.78 is 5.69. The van der Waals surface area contributed by atoms with Gasteiger partial charge in [-0.3, -0.25) is 4.79 Å². The number of H-pyrrole nitrogens is 2. The van der Waals surface area contributed by atoms with Gasteiger partial charge in [0.25, 0.3) is 5.91 Å². The fourth-order valence-electron chi connectivity index (χ4n) is 2.36. The van der Waals surface area contributed by atoms with Crippen molar-refractivity contribution in [2.24, 2.45) is 0 Å². The molecule has 3 N–H and O–H groups in total. The van der Waals surface area contributed by atoms with Crippen molar-refractivity contribution in [1.29, 1.82) is 0 Å². The van der Waals surface area contributed by atoms with Gasteiger partial charge in [-0.2, -0.15) is 0 Å². The number of aromatic amines is 2. The smallest absolute Gasteiger partial charge is 0.323 e. The first-order chi connectivity index (χ1) is 11.0. The van der Waals surface area contributed by atoms with Crippen molar-refractivity contribution in [1.82, 2.24) is 9.97 Å². The second-order valence-electron chi connectivity index (χ2n) is 5.42. The van der Waals surface area contributed by atoms with Gasteiger partial charge >= 0.3 is 5.69 Å². The van der Waals surface area contributed by atoms with Crippen LogP contribution in [0.25, 0.3) is 11.0 Å². The normalized spacial score (nSPS) is 10.9. The Morgan fingerprint density at radius 2 is 1.87 bits per heavy atom. The molecule has 0 aliphatic carbocycles. The molecule has 0 saturated carbocycles. The first kappa shape index (κ1) is 14.9. The monoisotopic (exact) mass is 311 g/mol. The third kappa shape index (κ3) is 3.11. The van der Waals surface area contributed by atoms with Crippen LogP contribution in [0.15, 0.2) is 47.3 Å². The molecule has 0 aliphatic heterocycles. The van der Waals surface area contributed by atoms with E-state index in [1.807, 2.05) is 26.0 Å². The number of carbonyl (C=O) groups is 1. The highest BCUT2D eigenvalue weighted by atomic mass is 16.5. The van der Waals surface area contributed by atoms with Crippen LogP contribution in [0.1, 0.15) is 24.2 Å². The third-order valence-electron chi connectivity index (χ3n) is 3.29. The van der Waals surface area contributed by atoms with Gasteiger partial charge < -0.3 is 20.0 Å². The zero-order valence-corrected chi connectivity index (χ0v) is 12.8. The summed E-state index contributed by atoms with van der Waals surface area (Å²) in [6.07, 6.45) is -0.00230. The predicted octanol–water partition coefficient (Wildman–Crippen LogP) is 2.90. The molecule has 0 aliphatic rings. The molecule has 0 atom stereocenters. The first-order valence-electron chi connectivity index (χ1n) is 7.32. The molecule has 0 unspecified atom stereocenters. The lowest BCUT2D eigenvalue weighted by Gasteiger charge is -2.14. The van der Waals surface area contributed by atoms with E-state index < -0.39 is 0 Å². The van der Waals surface area contributed by atoms with Gasteiger partial charge in [-0.25, -0.2) is 4.79 Å². The zero-order chi connectivity index (χ0) is 16.4. The summed E-state index contributed by atoms with van der Waals surface area (Å²) in [7, 11) is 0. The molecule has 0 fully saturated rings. The number of hydrogen-bond donors (Lipinski definition) is 3. The predicted molar refractivity (Wildman–Crippen MR) is 89.1 cm³/mol. The first-order valence-corrected chi connectivity index (χ1v) is 7.32. The van der Waals surface area contributed by atoms with Crippen molar-refractivity contribution in [2.45, 2.75) is 20.0 Å². The lowest BCUT2D eigenvalue weighted by atomic mass is 10.1. The van der Waals surface area contributed by atoms with Crippen LogP contribution in [0.3, 0.4) is 0 Å². The number of amides is 1. The Hall–Kier alpha value is -3.02. The highest BCUT2D eigenvalue weighted by molar-refractivity contribution is 6.11. The number of imidazole rings is 1. The van der Waals surface area contributed by atoms with Crippen LogP contribution in [-0.2, 0) is 0 Å². The maximum atomic E-state index is 12.6. The van der Waals surface area contributed by atoms with Gasteiger partial charge in [0.1, 0.15) is 5.75 Å². The van der Waals surface area contributed by atoms with Crippen molar-refractivity contribution < 1.29 is 9.53 Å². The standard InChI is InChI=1S/C17H17N3O3/c1-10(2)23-14-9-4-3-7-12(14)18-16(21)11-6-5-8-13-15(11)20-17(22)19-13/h3-10H,1-2H3,(H,18,21)(H2,19,20,22). The van der Waals surface area contributed by atoms with Crippen molar-refractivity contribution in [3.8, 4) is 5.75 Å². The Labute approximate surface area is 132 Å². The van der Waals surface area contributed by atoms with E-state index in [4.69, 9.17) is 4.74 Å². The number of benzene rings is 2. The third-order valence-corrected chi connectivity index (χ3v) is 3.29. The molecule has 0 radical (unpaired) electrons. The van der Waals surface area contributed by atoms with Gasteiger partial charge in [0.05, 0.1) is 28.4 Å². The molecule has 1 amide bonds. The molecule has 3 rings (SSSR count). The molecular formula is C17H17N3O3. The minimum Gasteiger partial charge on any atom is -0.489 e. The van der Waals surface area contributed by atoms with Gasteiger partial charge in [-0.1, -0.05) is 18.2 Å². The summed E-state index contributed by atoms with van der Waals surface area (Å²) in [4.78, 5) is 29.3. The molecule has 0 spiro atoms. The summed E-state index contributed by atoms with van der Waals surface area (Å²) >= 11 is 0. The fraction of sp³-hybridized carbons (Fsp3) is 0.176. The SMILES string of the molecule is CC(C)Oc1ccccc1NC(=O)c1cccc2[nH]c(=O)[nH]c12. The lowest BCUT2D eigenvalue weighted by Crippen LogP contribution is -2.15. The molecule has 6 heteroatoms. The molecule has 23 heavy (non-hydrogen) atoms. The maximum Gasteiger partial charge on any atom is 0.323 e. The highest BCUT2D eigenvalue weighted by Gasteiger charge is 2.14. The Morgan fingerprint density at radius 1 is 1.09 bits per heavy atom. The Kier molecular flexibility index (Phi) is 3.89. The maximum absolute atomic E-state index is 12.6. The molecule has 118 valence electrons. The van der Waals surface area contributed by atoms with E-state index in [1.54, 1.807) is 30.3 Å². The van der Waals surface area contributed by atoms with E-state index in [9.17, 15) is 9.59 Å². The summed E-state index contributed by atoms with van der Waals surface area (Å²) in [5.41, 5.74) is 1.71. The van der Waals surface area contributed by atoms with Gasteiger partial charge in [0, 0.05) is 0 Å². The van der Waals surface area contributed by atoms with E-state index in [0.717, 1.165) is 0 Å². The minimum absolute atomic E-state index is 0.00230. The molecule has 2 aromatic carbocycles. The number of aromatic nitrogens is 2. The Morgan fingerprint density at radius 3 is 2.65 bits per heavy atom. The quantitative estimate of drug-likeness (QED) is 0.692. The van der Waals surface area contributed by atoms with Crippen LogP contribution in [0.2, 0.25) is 0 Å². The molecule has 0 bridgehead atoms. The number of para-hydroxylation sites is 3. The van der Waals surface area contributed by atoms with E-state index >= 15 is 0 Å². The average Bonchev–Trinajstić information content (AvgIpc) is 2.88. The van der Waals surface area contributed by atoms with E-state index in [0.29, 0.717) is 28.0 Å². The average molecular weight is 311 g/mol. The van der Waals surface area contributed by atoms with Crippen LogP contribution in [0, 0.1) is 0 Å². The van der Waals surface area contributed by atoms with E-state index in [-0.39, 0.29) is 17.7 Å². The summed E-state index contributed by atoms with van der Waals surface area (Å²) in [5, 5.41) is 2.83. The van der Waals surface area contributed by atoms with Crippen LogP contribution in [0.5, 0.6) is 5.75 Å². The second kappa shape index (κ2) is 6.00. The number of fused-ring (bicyclic) bond motifs is 1. The second-order valence-corrected chi connectivity index (χ2v) is 5.42. The van der Waals surface area contributed by atoms with Gasteiger partial charge in [-0.15, -0.1) is 0 Å². The van der Waals surface area contributed by atoms with E-state index in [1.165, 1.54) is 0 Å². The minimum atomic E-state index is -0.344. The largest absolute Gasteiger partial charge is 0.489 e. The molecule has 1 heterocycles. The van der Waals surface area contributed by atoms with Gasteiger partial charge in [0.2, 0.25) is 0 Å². The number of ether oxygens (including phenoxy) is 1. The Balaban J connectivity index is 1.94. The van der Waals surface area contributed by atoms with Crippen LogP contribution in [-0.4, -0.2) is 22.0 Å². The Bertz CT molecular complexity index is 909. The van der Waals surface area contributed by atoms with Crippen LogP contribution in [0.4, 0.5) is 5.69 Å². The topological polar surface area (TPSA) is 87.0 Å². The van der Waals surface area contributed by atoms with Crippen molar-refractivity contribution >= 4 is 22.6 Å².